The van der Waals surface area contributed by atoms with E-state index < -0.39 is 11.8 Å². The third-order valence-corrected chi connectivity index (χ3v) is 3.00. The third-order valence-electron chi connectivity index (χ3n) is 3.00. The fourth-order valence-corrected chi connectivity index (χ4v) is 1.94. The monoisotopic (exact) mass is 246 g/mol. The van der Waals surface area contributed by atoms with Gasteiger partial charge in [0.1, 0.15) is 5.82 Å². The van der Waals surface area contributed by atoms with Gasteiger partial charge in [0.2, 0.25) is 0 Å². The van der Waals surface area contributed by atoms with E-state index in [0.29, 0.717) is 11.6 Å². The highest BCUT2D eigenvalue weighted by Gasteiger charge is 2.28. The average molecular weight is 246 g/mol. The van der Waals surface area contributed by atoms with Crippen molar-refractivity contribution in [2.75, 3.05) is 0 Å². The van der Waals surface area contributed by atoms with Gasteiger partial charge in [-0.05, 0) is 37.1 Å². The number of hydrogen-bond acceptors (Lipinski definition) is 2. The summed E-state index contributed by atoms with van der Waals surface area (Å²) in [6.45, 7) is 0. The van der Waals surface area contributed by atoms with E-state index in [1.807, 2.05) is 0 Å². The molecule has 1 saturated carbocycles. The first kappa shape index (κ1) is 11.0. The number of aromatic carboxylic acids is 1. The predicted octanol–water partition coefficient (Wildman–Crippen LogP) is 2.59. The van der Waals surface area contributed by atoms with Gasteiger partial charge in [0, 0.05) is 5.92 Å². The first-order valence-corrected chi connectivity index (χ1v) is 5.74. The number of aromatic nitrogens is 2. The average Bonchev–Trinajstić information content (AvgIpc) is 3.08. The lowest BCUT2D eigenvalue weighted by atomic mass is 10.2. The van der Waals surface area contributed by atoms with Crippen LogP contribution in [0.2, 0.25) is 0 Å². The number of carboxylic acids is 1. The normalized spacial score (nSPS) is 14.7. The Kier molecular flexibility index (Phi) is 2.40. The zero-order valence-corrected chi connectivity index (χ0v) is 9.51. The molecule has 0 atom stereocenters. The number of benzene rings is 1. The number of nitrogens with zero attached hydrogens (tertiary/aromatic N) is 2. The zero-order valence-electron chi connectivity index (χ0n) is 9.51. The van der Waals surface area contributed by atoms with Gasteiger partial charge in [-0.25, -0.2) is 13.9 Å². The lowest BCUT2D eigenvalue weighted by Crippen LogP contribution is -2.08. The van der Waals surface area contributed by atoms with Gasteiger partial charge in [0.15, 0.2) is 5.69 Å². The van der Waals surface area contributed by atoms with Crippen LogP contribution in [0, 0.1) is 5.82 Å². The second-order valence-corrected chi connectivity index (χ2v) is 4.43. The maximum absolute atomic E-state index is 13.2. The summed E-state index contributed by atoms with van der Waals surface area (Å²) in [5.74, 6) is -1.11. The van der Waals surface area contributed by atoms with Crippen molar-refractivity contribution in [1.82, 2.24) is 9.78 Å². The van der Waals surface area contributed by atoms with Gasteiger partial charge in [0.25, 0.3) is 0 Å². The van der Waals surface area contributed by atoms with Crippen LogP contribution in [0.5, 0.6) is 0 Å². The Morgan fingerprint density at radius 2 is 2.17 bits per heavy atom. The molecule has 0 unspecified atom stereocenters. The Morgan fingerprint density at radius 1 is 1.39 bits per heavy atom. The van der Waals surface area contributed by atoms with Crippen LogP contribution in [0.25, 0.3) is 5.69 Å². The lowest BCUT2D eigenvalue weighted by molar-refractivity contribution is 0.0687. The summed E-state index contributed by atoms with van der Waals surface area (Å²) in [7, 11) is 0. The molecule has 0 aliphatic heterocycles. The molecule has 4 nitrogen and oxygen atoms in total. The van der Waals surface area contributed by atoms with E-state index in [1.54, 1.807) is 12.1 Å². The van der Waals surface area contributed by atoms with Gasteiger partial charge < -0.3 is 5.11 Å². The van der Waals surface area contributed by atoms with Crippen LogP contribution in [-0.4, -0.2) is 20.9 Å². The first-order chi connectivity index (χ1) is 8.65. The minimum Gasteiger partial charge on any atom is -0.477 e. The van der Waals surface area contributed by atoms with E-state index >= 15 is 0 Å². The van der Waals surface area contributed by atoms with E-state index in [9.17, 15) is 9.18 Å². The second-order valence-electron chi connectivity index (χ2n) is 4.43. The molecule has 1 heterocycles. The topological polar surface area (TPSA) is 55.1 Å². The third kappa shape index (κ3) is 1.88. The molecule has 0 bridgehead atoms. The quantitative estimate of drug-likeness (QED) is 0.905. The summed E-state index contributed by atoms with van der Waals surface area (Å²) in [6.07, 6.45) is 2.08. The molecule has 0 amide bonds. The van der Waals surface area contributed by atoms with Crippen LogP contribution in [0.3, 0.4) is 0 Å². The van der Waals surface area contributed by atoms with Crippen LogP contribution in [0.15, 0.2) is 30.3 Å². The molecule has 92 valence electrons. The van der Waals surface area contributed by atoms with Gasteiger partial charge in [-0.1, -0.05) is 6.07 Å². The number of halogens is 1. The van der Waals surface area contributed by atoms with E-state index in [-0.39, 0.29) is 5.69 Å². The Morgan fingerprint density at radius 3 is 2.78 bits per heavy atom. The maximum Gasteiger partial charge on any atom is 0.354 e. The fraction of sp³-hybridized carbons (Fsp3) is 0.231. The molecule has 1 aromatic carbocycles. The Bertz CT molecular complexity index is 617. The summed E-state index contributed by atoms with van der Waals surface area (Å²) < 4.78 is 14.5. The molecule has 1 aliphatic carbocycles. The SMILES string of the molecule is O=C(O)c1cc(C2CC2)nn1-c1cccc(F)c1. The molecule has 1 aliphatic rings. The van der Waals surface area contributed by atoms with E-state index in [0.717, 1.165) is 18.5 Å². The Hall–Kier alpha value is -2.17. The smallest absolute Gasteiger partial charge is 0.354 e. The van der Waals surface area contributed by atoms with Gasteiger partial charge in [0.05, 0.1) is 11.4 Å². The van der Waals surface area contributed by atoms with Gasteiger partial charge in [-0.3, -0.25) is 0 Å². The highest BCUT2D eigenvalue weighted by molar-refractivity contribution is 5.86. The van der Waals surface area contributed by atoms with Crippen molar-refractivity contribution in [2.24, 2.45) is 0 Å². The fourth-order valence-electron chi connectivity index (χ4n) is 1.94. The summed E-state index contributed by atoms with van der Waals surface area (Å²) in [6, 6.07) is 7.34. The Labute approximate surface area is 103 Å². The van der Waals surface area contributed by atoms with Crippen molar-refractivity contribution >= 4 is 5.97 Å². The van der Waals surface area contributed by atoms with Gasteiger partial charge in [-0.2, -0.15) is 5.10 Å². The van der Waals surface area contributed by atoms with Crippen LogP contribution in [-0.2, 0) is 0 Å². The number of carboxylic acid groups (broad SMARTS) is 1. The molecule has 1 aromatic heterocycles. The zero-order chi connectivity index (χ0) is 12.7. The summed E-state index contributed by atoms with van der Waals surface area (Å²) in [5.41, 5.74) is 1.28. The molecule has 5 heteroatoms. The molecular formula is C13H11FN2O2. The molecule has 0 spiro atoms. The summed E-state index contributed by atoms with van der Waals surface area (Å²) >= 11 is 0. The number of rotatable bonds is 3. The Balaban J connectivity index is 2.11. The standard InChI is InChI=1S/C13H11FN2O2/c14-9-2-1-3-10(6-9)16-12(13(17)18)7-11(15-16)8-4-5-8/h1-3,6-8H,4-5H2,(H,17,18). The highest BCUT2D eigenvalue weighted by atomic mass is 19.1. The largest absolute Gasteiger partial charge is 0.477 e. The molecule has 0 radical (unpaired) electrons. The number of hydrogen-bond donors (Lipinski definition) is 1. The van der Waals surface area contributed by atoms with Crippen LogP contribution >= 0.6 is 0 Å². The van der Waals surface area contributed by atoms with E-state index in [2.05, 4.69) is 5.10 Å². The lowest BCUT2D eigenvalue weighted by Gasteiger charge is -2.03. The van der Waals surface area contributed by atoms with E-state index in [1.165, 1.54) is 22.9 Å². The maximum atomic E-state index is 13.2. The highest BCUT2D eigenvalue weighted by Crippen LogP contribution is 2.39. The van der Waals surface area contributed by atoms with Gasteiger partial charge in [-0.15, -0.1) is 0 Å². The second kappa shape index (κ2) is 3.94. The summed E-state index contributed by atoms with van der Waals surface area (Å²) in [5, 5.41) is 13.4. The van der Waals surface area contributed by atoms with Crippen molar-refractivity contribution in [3.63, 3.8) is 0 Å². The van der Waals surface area contributed by atoms with Crippen molar-refractivity contribution in [3.8, 4) is 5.69 Å². The number of carbonyl (C=O) groups is 1. The van der Waals surface area contributed by atoms with Gasteiger partial charge >= 0.3 is 5.97 Å². The molecular weight excluding hydrogens is 235 g/mol. The summed E-state index contributed by atoms with van der Waals surface area (Å²) in [4.78, 5) is 11.2. The minimum absolute atomic E-state index is 0.0718. The van der Waals surface area contributed by atoms with Crippen molar-refractivity contribution in [2.45, 2.75) is 18.8 Å². The van der Waals surface area contributed by atoms with E-state index in [4.69, 9.17) is 5.11 Å². The molecule has 2 aromatic rings. The molecule has 1 N–H and O–H groups in total. The van der Waals surface area contributed by atoms with Crippen LogP contribution in [0.4, 0.5) is 4.39 Å². The molecule has 1 fully saturated rings. The van der Waals surface area contributed by atoms with Crippen molar-refractivity contribution in [3.05, 3.63) is 47.5 Å². The van der Waals surface area contributed by atoms with Crippen LogP contribution < -0.4 is 0 Å². The first-order valence-electron chi connectivity index (χ1n) is 5.74. The molecule has 0 saturated heterocycles. The predicted molar refractivity (Wildman–Crippen MR) is 62.5 cm³/mol. The van der Waals surface area contributed by atoms with Crippen molar-refractivity contribution < 1.29 is 14.3 Å². The molecule has 3 rings (SSSR count). The van der Waals surface area contributed by atoms with Crippen LogP contribution in [0.1, 0.15) is 34.9 Å². The van der Waals surface area contributed by atoms with Crippen molar-refractivity contribution in [1.29, 1.82) is 0 Å². The minimum atomic E-state index is -1.06. The molecule has 18 heavy (non-hydrogen) atoms.